The van der Waals surface area contributed by atoms with Gasteiger partial charge in [-0.2, -0.15) is 0 Å². The van der Waals surface area contributed by atoms with Gasteiger partial charge in [0.2, 0.25) is 0 Å². The van der Waals surface area contributed by atoms with Crippen LogP contribution in [0.3, 0.4) is 0 Å². The van der Waals surface area contributed by atoms with Crippen LogP contribution in [-0.2, 0) is 47.5 Å². The summed E-state index contributed by atoms with van der Waals surface area (Å²) in [4.78, 5) is 69.3. The van der Waals surface area contributed by atoms with Gasteiger partial charge in [-0.25, -0.2) is 9.59 Å². The minimum absolute atomic E-state index is 0.142. The van der Waals surface area contributed by atoms with E-state index in [1.54, 1.807) is 126 Å². The summed E-state index contributed by atoms with van der Waals surface area (Å²) in [5, 5.41) is 28.7. The van der Waals surface area contributed by atoms with Crippen LogP contribution < -0.4 is 5.32 Å². The maximum atomic E-state index is 14.5. The van der Waals surface area contributed by atoms with E-state index in [0.29, 0.717) is 22.3 Å². The van der Waals surface area contributed by atoms with Gasteiger partial charge in [-0.05, 0) is 61.7 Å². The molecule has 3 aromatic carbocycles. The molecule has 0 aromatic heterocycles. The quantitative estimate of drug-likeness (QED) is 0.134. The van der Waals surface area contributed by atoms with E-state index >= 15 is 0 Å². The normalized spacial score (nSPS) is 33.7. The Morgan fingerprint density at radius 1 is 0.769 bits per heavy atom. The zero-order valence-corrected chi connectivity index (χ0v) is 37.8. The van der Waals surface area contributed by atoms with E-state index in [1.807, 2.05) is 6.92 Å². The second-order valence-corrected chi connectivity index (χ2v) is 19.1. The van der Waals surface area contributed by atoms with Crippen molar-refractivity contribution >= 4 is 29.8 Å². The average Bonchev–Trinajstić information content (AvgIpc) is 3.25. The summed E-state index contributed by atoms with van der Waals surface area (Å²) in [7, 11) is 0. The summed E-state index contributed by atoms with van der Waals surface area (Å²) < 4.78 is 45.4. The molecule has 8 rings (SSSR count). The predicted octanol–water partition coefficient (Wildman–Crippen LogP) is 5.33. The third kappa shape index (κ3) is 7.74. The topological polar surface area (TPSA) is 202 Å². The fourth-order valence-electron chi connectivity index (χ4n) is 11.4. The molecule has 2 bridgehead atoms. The molecule has 3 N–H and O–H groups in total. The molecule has 0 radical (unpaired) electrons. The van der Waals surface area contributed by atoms with Gasteiger partial charge in [-0.15, -0.1) is 0 Å². The molecule has 0 spiro atoms. The van der Waals surface area contributed by atoms with Crippen molar-refractivity contribution in [2.45, 2.75) is 134 Å². The lowest BCUT2D eigenvalue weighted by molar-refractivity contribution is -0.430. The Balaban J connectivity index is 1.31. The van der Waals surface area contributed by atoms with E-state index in [4.69, 9.17) is 33.2 Å². The summed E-state index contributed by atoms with van der Waals surface area (Å²) in [6.07, 6.45) is -9.11. The number of aliphatic hydroxyl groups excluding tert-OH is 1. The molecule has 3 aromatic rings. The Hall–Kier alpha value is -5.45. The maximum Gasteiger partial charge on any atom is 0.338 e. The number of ether oxygens (including phenoxy) is 7. The molecular formula is C50H57NO14. The van der Waals surface area contributed by atoms with E-state index < -0.39 is 119 Å². The number of carbonyl (C=O) groups excluding carboxylic acids is 5. The standard InChI is InChI=1S/C50H57NO14/c1-27-33(61-45(57)38(54)37(30-18-12-9-13-19-30)51-43(55)31-20-14-10-15-21-31)25-50(58)42(62-44(56)32-22-16-11-17-23-32)40-48(8)34(24-35-49(40,26-59-35)63-29(3)53)64-47(6,7)65-41(48)39(60-28(2)52)36(27)46(50,4)5/h9-23,33-35,37-42,54,58H,24-26H2,1-8H3,(H,51,55)/t33-,34-,35+,37-,38-,39+,40-,41-,42-,48+,49+,50+/m0/s1. The summed E-state index contributed by atoms with van der Waals surface area (Å²) in [5.41, 5.74) is -5.05. The molecule has 12 atom stereocenters. The third-order valence-corrected chi connectivity index (χ3v) is 14.5. The van der Waals surface area contributed by atoms with Crippen LogP contribution >= 0.6 is 0 Å². The molecule has 65 heavy (non-hydrogen) atoms. The zero-order valence-electron chi connectivity index (χ0n) is 37.8. The van der Waals surface area contributed by atoms with Crippen molar-refractivity contribution < 1.29 is 67.3 Å². The van der Waals surface area contributed by atoms with E-state index in [0.717, 1.165) is 0 Å². The van der Waals surface area contributed by atoms with Crippen molar-refractivity contribution in [3.63, 3.8) is 0 Å². The summed E-state index contributed by atoms with van der Waals surface area (Å²) >= 11 is 0. The molecule has 15 nitrogen and oxygen atoms in total. The molecule has 2 saturated heterocycles. The minimum atomic E-state index is -2.23. The van der Waals surface area contributed by atoms with E-state index in [9.17, 15) is 34.2 Å². The van der Waals surface area contributed by atoms with E-state index in [2.05, 4.69) is 5.32 Å². The fraction of sp³-hybridized carbons (Fsp3) is 0.500. The number of rotatable bonds is 10. The molecule has 5 aliphatic rings. The predicted molar refractivity (Wildman–Crippen MR) is 231 cm³/mol. The highest BCUT2D eigenvalue weighted by Gasteiger charge is 2.80. The second-order valence-electron chi connectivity index (χ2n) is 19.1. The highest BCUT2D eigenvalue weighted by Crippen LogP contribution is 2.68. The number of hydrogen-bond donors (Lipinski definition) is 3. The van der Waals surface area contributed by atoms with Crippen LogP contribution in [0.1, 0.15) is 101 Å². The van der Waals surface area contributed by atoms with Gasteiger partial charge in [-0.3, -0.25) is 14.4 Å². The first-order chi connectivity index (χ1) is 30.6. The van der Waals surface area contributed by atoms with Crippen molar-refractivity contribution in [2.24, 2.45) is 16.7 Å². The van der Waals surface area contributed by atoms with Crippen LogP contribution in [0.15, 0.2) is 102 Å². The summed E-state index contributed by atoms with van der Waals surface area (Å²) in [6.45, 7) is 12.8. The molecule has 2 heterocycles. The third-order valence-electron chi connectivity index (χ3n) is 14.5. The van der Waals surface area contributed by atoms with Crippen molar-refractivity contribution in [1.29, 1.82) is 0 Å². The lowest BCUT2D eigenvalue weighted by Crippen LogP contribution is -2.84. The molecule has 1 amide bonds. The van der Waals surface area contributed by atoms with Crippen molar-refractivity contribution in [1.82, 2.24) is 5.32 Å². The van der Waals surface area contributed by atoms with Crippen LogP contribution in [0.5, 0.6) is 0 Å². The Labute approximate surface area is 377 Å². The molecule has 0 unspecified atom stereocenters. The van der Waals surface area contributed by atoms with Gasteiger partial charge in [0, 0.05) is 43.1 Å². The summed E-state index contributed by atoms with van der Waals surface area (Å²) in [6, 6.07) is 23.7. The highest BCUT2D eigenvalue weighted by atomic mass is 16.7. The maximum absolute atomic E-state index is 14.5. The number of benzene rings is 3. The van der Waals surface area contributed by atoms with Crippen LogP contribution in [-0.4, -0.2) is 106 Å². The number of amides is 1. The number of hydrogen-bond acceptors (Lipinski definition) is 14. The number of nitrogens with one attached hydrogen (secondary N) is 1. The molecule has 2 saturated carbocycles. The lowest BCUT2D eigenvalue weighted by atomic mass is 9.44. The van der Waals surface area contributed by atoms with Gasteiger partial charge in [0.1, 0.15) is 30.0 Å². The molecule has 15 heteroatoms. The first-order valence-corrected chi connectivity index (χ1v) is 22.0. The first kappa shape index (κ1) is 46.1. The summed E-state index contributed by atoms with van der Waals surface area (Å²) in [5.74, 6) is -6.31. The average molecular weight is 896 g/mol. The first-order valence-electron chi connectivity index (χ1n) is 22.0. The molecule has 3 aliphatic carbocycles. The molecule has 4 fully saturated rings. The molecular weight excluding hydrogens is 839 g/mol. The van der Waals surface area contributed by atoms with E-state index in [1.165, 1.54) is 13.8 Å². The Bertz CT molecular complexity index is 2370. The number of aliphatic hydroxyl groups is 2. The van der Waals surface area contributed by atoms with Gasteiger partial charge in [0.15, 0.2) is 23.6 Å². The zero-order chi connectivity index (χ0) is 46.9. The minimum Gasteiger partial charge on any atom is -0.456 e. The fourth-order valence-corrected chi connectivity index (χ4v) is 11.4. The van der Waals surface area contributed by atoms with Gasteiger partial charge in [0.05, 0.1) is 30.2 Å². The number of fused-ring (bicyclic) bond motifs is 4. The van der Waals surface area contributed by atoms with Crippen molar-refractivity contribution in [3.05, 3.63) is 119 Å². The van der Waals surface area contributed by atoms with Gasteiger partial charge in [0.25, 0.3) is 5.91 Å². The van der Waals surface area contributed by atoms with Crippen LogP contribution in [0.25, 0.3) is 0 Å². The SMILES string of the molecule is CC(=O)O[C@@H]1C2=C(C)[C@@H](OC(=O)[C@@H](O)[C@@H](NC(=O)c3ccccc3)c3ccccc3)C[C@@](O)([C@@H](OC(=O)c3ccccc3)[C@@H]3[C@@]4(OC(C)=O)CO[C@@H]4C[C@@H]4OC(C)(C)O[C@@H]1[C@]43C)C2(C)C. The molecule has 346 valence electrons. The highest BCUT2D eigenvalue weighted by molar-refractivity contribution is 5.95. The smallest absolute Gasteiger partial charge is 0.338 e. The molecule has 2 aliphatic heterocycles. The monoisotopic (exact) mass is 895 g/mol. The van der Waals surface area contributed by atoms with Crippen molar-refractivity contribution in [3.8, 4) is 0 Å². The number of esters is 4. The van der Waals surface area contributed by atoms with Crippen LogP contribution in [0, 0.1) is 16.7 Å². The van der Waals surface area contributed by atoms with Crippen molar-refractivity contribution in [2.75, 3.05) is 6.61 Å². The largest absolute Gasteiger partial charge is 0.456 e. The Morgan fingerprint density at radius 3 is 1.94 bits per heavy atom. The Kier molecular flexibility index (Phi) is 11.9. The van der Waals surface area contributed by atoms with Gasteiger partial charge in [-0.1, -0.05) is 87.5 Å². The van der Waals surface area contributed by atoms with Crippen LogP contribution in [0.4, 0.5) is 0 Å². The lowest BCUT2D eigenvalue weighted by Gasteiger charge is -2.71. The Morgan fingerprint density at radius 2 is 1.37 bits per heavy atom. The van der Waals surface area contributed by atoms with E-state index in [-0.39, 0.29) is 18.6 Å². The van der Waals surface area contributed by atoms with Gasteiger partial charge < -0.3 is 48.7 Å². The second kappa shape index (κ2) is 16.8. The number of carbonyl (C=O) groups is 5. The van der Waals surface area contributed by atoms with Crippen LogP contribution in [0.2, 0.25) is 0 Å². The van der Waals surface area contributed by atoms with Gasteiger partial charge >= 0.3 is 23.9 Å².